The van der Waals surface area contributed by atoms with E-state index in [1.165, 1.54) is 24.3 Å². The van der Waals surface area contributed by atoms with E-state index < -0.39 is 24.2 Å². The Kier molecular flexibility index (Phi) is 4.04. The van der Waals surface area contributed by atoms with Gasteiger partial charge in [0.1, 0.15) is 0 Å². The lowest BCUT2D eigenvalue weighted by atomic mass is 10.0. The molecule has 1 aromatic carbocycles. The standard InChI is InChI=1S/C14H15F3N2O2/c1-2-6-11-9-13(21,14(15,16)17)19(18-11)12(20)10-7-4-3-5-8-10/h3-5,7-8,21H,2,6,9H2,1H3/t13-/m1/s1. The predicted molar refractivity (Wildman–Crippen MR) is 70.6 cm³/mol. The molecule has 1 heterocycles. The second kappa shape index (κ2) is 5.48. The summed E-state index contributed by atoms with van der Waals surface area (Å²) in [7, 11) is 0. The quantitative estimate of drug-likeness (QED) is 0.933. The van der Waals surface area contributed by atoms with Crippen molar-refractivity contribution >= 4 is 11.6 Å². The van der Waals surface area contributed by atoms with E-state index in [4.69, 9.17) is 0 Å². The molecule has 1 aliphatic heterocycles. The fraction of sp³-hybridized carbons (Fsp3) is 0.429. The summed E-state index contributed by atoms with van der Waals surface area (Å²) in [5.74, 6) is -0.971. The molecule has 2 rings (SSSR count). The van der Waals surface area contributed by atoms with Crippen LogP contribution in [0.2, 0.25) is 0 Å². The first-order valence-electron chi connectivity index (χ1n) is 6.54. The molecule has 0 bridgehead atoms. The van der Waals surface area contributed by atoms with E-state index in [2.05, 4.69) is 5.10 Å². The summed E-state index contributed by atoms with van der Waals surface area (Å²) in [5, 5.41) is 13.8. The fourth-order valence-electron chi connectivity index (χ4n) is 2.18. The molecule has 0 unspecified atom stereocenters. The number of halogens is 3. The molecule has 7 heteroatoms. The molecule has 4 nitrogen and oxygen atoms in total. The van der Waals surface area contributed by atoms with E-state index >= 15 is 0 Å². The molecule has 0 fully saturated rings. The lowest BCUT2D eigenvalue weighted by Gasteiger charge is -2.32. The molecular weight excluding hydrogens is 285 g/mol. The Morgan fingerprint density at radius 1 is 1.38 bits per heavy atom. The van der Waals surface area contributed by atoms with E-state index in [1.807, 2.05) is 0 Å². The smallest absolute Gasteiger partial charge is 0.362 e. The van der Waals surface area contributed by atoms with Crippen LogP contribution in [0.1, 0.15) is 36.5 Å². The van der Waals surface area contributed by atoms with Gasteiger partial charge in [0.15, 0.2) is 0 Å². The average Bonchev–Trinajstić information content (AvgIpc) is 2.77. The van der Waals surface area contributed by atoms with Gasteiger partial charge in [0.2, 0.25) is 0 Å². The number of alkyl halides is 3. The first-order chi connectivity index (χ1) is 9.79. The average molecular weight is 300 g/mol. The first-order valence-corrected chi connectivity index (χ1v) is 6.54. The molecule has 1 amide bonds. The van der Waals surface area contributed by atoms with Crippen molar-refractivity contribution in [3.05, 3.63) is 35.9 Å². The molecule has 1 atom stereocenters. The van der Waals surface area contributed by atoms with Crippen LogP contribution in [-0.4, -0.2) is 33.6 Å². The van der Waals surface area contributed by atoms with Gasteiger partial charge in [-0.3, -0.25) is 4.79 Å². The number of nitrogens with zero attached hydrogens (tertiary/aromatic N) is 2. The lowest BCUT2D eigenvalue weighted by Crippen LogP contribution is -2.56. The third-order valence-electron chi connectivity index (χ3n) is 3.25. The summed E-state index contributed by atoms with van der Waals surface area (Å²) in [4.78, 5) is 12.2. The van der Waals surface area contributed by atoms with Crippen LogP contribution in [0.5, 0.6) is 0 Å². The summed E-state index contributed by atoms with van der Waals surface area (Å²) in [6.07, 6.45) is -4.80. The maximum Gasteiger partial charge on any atom is 0.438 e. The van der Waals surface area contributed by atoms with Crippen LogP contribution < -0.4 is 0 Å². The molecule has 114 valence electrons. The van der Waals surface area contributed by atoms with Crippen molar-refractivity contribution in [3.63, 3.8) is 0 Å². The number of aliphatic hydroxyl groups is 1. The second-order valence-electron chi connectivity index (χ2n) is 4.89. The van der Waals surface area contributed by atoms with Crippen LogP contribution in [0, 0.1) is 0 Å². The number of hydrogen-bond donors (Lipinski definition) is 1. The Hall–Kier alpha value is -1.89. The molecule has 0 aromatic heterocycles. The van der Waals surface area contributed by atoms with E-state index in [0.29, 0.717) is 12.8 Å². The van der Waals surface area contributed by atoms with E-state index in [-0.39, 0.29) is 16.3 Å². The summed E-state index contributed by atoms with van der Waals surface area (Å²) in [6, 6.07) is 7.47. The van der Waals surface area contributed by atoms with Gasteiger partial charge in [-0.05, 0) is 18.6 Å². The van der Waals surface area contributed by atoms with Crippen LogP contribution >= 0.6 is 0 Å². The first kappa shape index (κ1) is 15.5. The molecule has 1 aromatic rings. The van der Waals surface area contributed by atoms with Crippen LogP contribution in [-0.2, 0) is 0 Å². The fourth-order valence-corrected chi connectivity index (χ4v) is 2.18. The number of amides is 1. The van der Waals surface area contributed by atoms with Gasteiger partial charge in [-0.25, -0.2) is 0 Å². The molecule has 0 aliphatic carbocycles. The normalized spacial score (nSPS) is 22.3. The van der Waals surface area contributed by atoms with Gasteiger partial charge in [-0.15, -0.1) is 0 Å². The molecule has 0 radical (unpaired) electrons. The molecule has 0 spiro atoms. The van der Waals surface area contributed by atoms with Crippen LogP contribution in [0.3, 0.4) is 0 Å². The van der Waals surface area contributed by atoms with Crippen molar-refractivity contribution in [1.29, 1.82) is 0 Å². The van der Waals surface area contributed by atoms with Crippen molar-refractivity contribution in [2.24, 2.45) is 5.10 Å². The lowest BCUT2D eigenvalue weighted by molar-refractivity contribution is -0.297. The zero-order chi connectivity index (χ0) is 15.7. The highest BCUT2D eigenvalue weighted by Crippen LogP contribution is 2.41. The highest BCUT2D eigenvalue weighted by atomic mass is 19.4. The van der Waals surface area contributed by atoms with E-state index in [9.17, 15) is 23.1 Å². The Morgan fingerprint density at radius 2 is 2.00 bits per heavy atom. The van der Waals surface area contributed by atoms with Crippen LogP contribution in [0.15, 0.2) is 35.4 Å². The largest absolute Gasteiger partial charge is 0.438 e. The van der Waals surface area contributed by atoms with Crippen LogP contribution in [0.25, 0.3) is 0 Å². The van der Waals surface area contributed by atoms with Gasteiger partial charge in [-0.1, -0.05) is 31.5 Å². The Balaban J connectivity index is 2.39. The minimum absolute atomic E-state index is 0.0432. The predicted octanol–water partition coefficient (Wildman–Crippen LogP) is 2.94. The summed E-state index contributed by atoms with van der Waals surface area (Å²) in [6.45, 7) is 1.79. The van der Waals surface area contributed by atoms with Gasteiger partial charge in [0.05, 0.1) is 0 Å². The number of rotatable bonds is 3. The number of hydrogen-bond acceptors (Lipinski definition) is 3. The molecular formula is C14H15F3N2O2. The van der Waals surface area contributed by atoms with Gasteiger partial charge in [-0.2, -0.15) is 23.3 Å². The second-order valence-corrected chi connectivity index (χ2v) is 4.89. The summed E-state index contributed by atoms with van der Waals surface area (Å²) in [5.41, 5.74) is -3.06. The zero-order valence-electron chi connectivity index (χ0n) is 11.4. The van der Waals surface area contributed by atoms with Crippen molar-refractivity contribution < 1.29 is 23.1 Å². The third kappa shape index (κ3) is 2.78. The van der Waals surface area contributed by atoms with Crippen molar-refractivity contribution in [1.82, 2.24) is 5.01 Å². The maximum atomic E-state index is 13.2. The molecule has 0 saturated carbocycles. The number of benzene rings is 1. The molecule has 21 heavy (non-hydrogen) atoms. The van der Waals surface area contributed by atoms with Crippen molar-refractivity contribution in [2.45, 2.75) is 38.1 Å². The highest BCUT2D eigenvalue weighted by molar-refractivity contribution is 5.98. The Morgan fingerprint density at radius 3 is 2.52 bits per heavy atom. The molecule has 1 aliphatic rings. The van der Waals surface area contributed by atoms with Gasteiger partial charge >= 0.3 is 6.18 Å². The SMILES string of the molecule is CCCC1=NN(C(=O)c2ccccc2)[C@](O)(C(F)(F)F)C1. The Bertz CT molecular complexity index is 557. The number of carbonyl (C=O) groups excluding carboxylic acids is 1. The molecule has 1 N–H and O–H groups in total. The summed E-state index contributed by atoms with van der Waals surface area (Å²) < 4.78 is 39.5. The van der Waals surface area contributed by atoms with E-state index in [1.54, 1.807) is 13.0 Å². The van der Waals surface area contributed by atoms with Crippen molar-refractivity contribution in [2.75, 3.05) is 0 Å². The van der Waals surface area contributed by atoms with E-state index in [0.717, 1.165) is 0 Å². The topological polar surface area (TPSA) is 52.9 Å². The van der Waals surface area contributed by atoms with Crippen molar-refractivity contribution in [3.8, 4) is 0 Å². The van der Waals surface area contributed by atoms with Gasteiger partial charge in [0.25, 0.3) is 11.6 Å². The molecule has 0 saturated heterocycles. The number of hydrazone groups is 1. The summed E-state index contributed by atoms with van der Waals surface area (Å²) >= 11 is 0. The van der Waals surface area contributed by atoms with Gasteiger partial charge in [0, 0.05) is 17.7 Å². The minimum Gasteiger partial charge on any atom is -0.362 e. The zero-order valence-corrected chi connectivity index (χ0v) is 11.4. The third-order valence-corrected chi connectivity index (χ3v) is 3.25. The minimum atomic E-state index is -4.98. The maximum absolute atomic E-state index is 13.2. The Labute approximate surface area is 119 Å². The monoisotopic (exact) mass is 300 g/mol. The van der Waals surface area contributed by atoms with Crippen LogP contribution in [0.4, 0.5) is 13.2 Å². The number of carbonyl (C=O) groups is 1. The highest BCUT2D eigenvalue weighted by Gasteiger charge is 2.63. The van der Waals surface area contributed by atoms with Gasteiger partial charge < -0.3 is 5.11 Å².